The van der Waals surface area contributed by atoms with Crippen LogP contribution in [-0.2, 0) is 14.8 Å². The minimum atomic E-state index is -3.55. The fraction of sp³-hybridized carbons (Fsp3) is 0.462. The first-order valence-corrected chi connectivity index (χ1v) is 8.21. The highest BCUT2D eigenvalue weighted by molar-refractivity contribution is 7.89. The maximum absolute atomic E-state index is 12.6. The van der Waals surface area contributed by atoms with Gasteiger partial charge in [0.25, 0.3) is 0 Å². The third-order valence-electron chi connectivity index (χ3n) is 3.14. The third kappa shape index (κ3) is 3.17. The SMILES string of the molecule is CC1CN(S(=O)(=O)c2cccc(C(N)=S)c2)CC(C)O1. The molecule has 1 fully saturated rings. The van der Waals surface area contributed by atoms with Crippen LogP contribution in [0, 0.1) is 0 Å². The van der Waals surface area contributed by atoms with Crippen LogP contribution in [0.2, 0.25) is 0 Å². The standard InChI is InChI=1S/C13H18N2O3S2/c1-9-7-15(8-10(2)18-9)20(16,17)12-5-3-4-11(6-12)13(14)19/h3-6,9-10H,7-8H2,1-2H3,(H2,14,19). The largest absolute Gasteiger partial charge is 0.389 e. The summed E-state index contributed by atoms with van der Waals surface area (Å²) in [6, 6.07) is 6.42. The van der Waals surface area contributed by atoms with Crippen LogP contribution < -0.4 is 5.73 Å². The minimum absolute atomic E-state index is 0.118. The Bertz CT molecular complexity index is 606. The zero-order valence-corrected chi connectivity index (χ0v) is 13.1. The van der Waals surface area contributed by atoms with E-state index in [0.29, 0.717) is 18.7 Å². The van der Waals surface area contributed by atoms with Gasteiger partial charge in [-0.15, -0.1) is 0 Å². The summed E-state index contributed by atoms with van der Waals surface area (Å²) in [5.41, 5.74) is 6.10. The molecule has 20 heavy (non-hydrogen) atoms. The maximum atomic E-state index is 12.6. The molecule has 1 aliphatic heterocycles. The molecule has 7 heteroatoms. The highest BCUT2D eigenvalue weighted by Crippen LogP contribution is 2.21. The van der Waals surface area contributed by atoms with E-state index in [4.69, 9.17) is 22.7 Å². The van der Waals surface area contributed by atoms with Crippen LogP contribution in [0.25, 0.3) is 0 Å². The molecule has 2 N–H and O–H groups in total. The van der Waals surface area contributed by atoms with Gasteiger partial charge in [0.05, 0.1) is 17.1 Å². The fourth-order valence-electron chi connectivity index (χ4n) is 2.29. The Morgan fingerprint density at radius 2 is 1.95 bits per heavy atom. The zero-order chi connectivity index (χ0) is 14.9. The van der Waals surface area contributed by atoms with E-state index in [2.05, 4.69) is 0 Å². The van der Waals surface area contributed by atoms with E-state index in [1.54, 1.807) is 18.2 Å². The van der Waals surface area contributed by atoms with E-state index in [9.17, 15) is 8.42 Å². The summed E-state index contributed by atoms with van der Waals surface area (Å²) >= 11 is 4.89. The second kappa shape index (κ2) is 5.77. The summed E-state index contributed by atoms with van der Waals surface area (Å²) in [5, 5.41) is 0. The van der Waals surface area contributed by atoms with E-state index in [0.717, 1.165) is 0 Å². The summed E-state index contributed by atoms with van der Waals surface area (Å²) in [6.07, 6.45) is -0.236. The molecule has 0 amide bonds. The van der Waals surface area contributed by atoms with Crippen molar-refractivity contribution in [2.75, 3.05) is 13.1 Å². The second-order valence-corrected chi connectivity index (χ2v) is 7.35. The van der Waals surface area contributed by atoms with Gasteiger partial charge in [-0.2, -0.15) is 4.31 Å². The maximum Gasteiger partial charge on any atom is 0.243 e. The Kier molecular flexibility index (Phi) is 4.43. The van der Waals surface area contributed by atoms with Crippen molar-refractivity contribution in [1.82, 2.24) is 4.31 Å². The lowest BCUT2D eigenvalue weighted by Gasteiger charge is -2.34. The number of morpholine rings is 1. The number of rotatable bonds is 3. The van der Waals surface area contributed by atoms with Gasteiger partial charge in [-0.05, 0) is 26.0 Å². The Hall–Kier alpha value is -1.02. The molecule has 0 saturated carbocycles. The van der Waals surface area contributed by atoms with Gasteiger partial charge in [0, 0.05) is 18.7 Å². The van der Waals surface area contributed by atoms with Gasteiger partial charge in [0.1, 0.15) is 4.99 Å². The second-order valence-electron chi connectivity index (χ2n) is 4.97. The molecule has 110 valence electrons. The monoisotopic (exact) mass is 314 g/mol. The van der Waals surface area contributed by atoms with Gasteiger partial charge in [0.2, 0.25) is 10.0 Å². The van der Waals surface area contributed by atoms with Crippen LogP contribution in [0.3, 0.4) is 0 Å². The van der Waals surface area contributed by atoms with Crippen molar-refractivity contribution in [1.29, 1.82) is 0 Å². The summed E-state index contributed by atoms with van der Waals surface area (Å²) in [6.45, 7) is 4.43. The number of thiocarbonyl (C=S) groups is 1. The third-order valence-corrected chi connectivity index (χ3v) is 5.21. The molecule has 1 heterocycles. The molecular formula is C13H18N2O3S2. The lowest BCUT2D eigenvalue weighted by molar-refractivity contribution is -0.0440. The highest BCUT2D eigenvalue weighted by atomic mass is 32.2. The predicted molar refractivity (Wildman–Crippen MR) is 81.1 cm³/mol. The molecule has 0 aliphatic carbocycles. The molecule has 2 unspecified atom stereocenters. The Labute approximate surface area is 124 Å². The van der Waals surface area contributed by atoms with Crippen LogP contribution in [0.5, 0.6) is 0 Å². The predicted octanol–water partition coefficient (Wildman–Crippen LogP) is 1.12. The lowest BCUT2D eigenvalue weighted by atomic mass is 10.2. The van der Waals surface area contributed by atoms with Gasteiger partial charge >= 0.3 is 0 Å². The molecule has 0 radical (unpaired) electrons. The number of hydrogen-bond acceptors (Lipinski definition) is 4. The van der Waals surface area contributed by atoms with E-state index in [1.165, 1.54) is 10.4 Å². The fourth-order valence-corrected chi connectivity index (χ4v) is 4.05. The van der Waals surface area contributed by atoms with E-state index < -0.39 is 10.0 Å². The Morgan fingerprint density at radius 1 is 1.35 bits per heavy atom. The van der Waals surface area contributed by atoms with Crippen molar-refractivity contribution in [2.24, 2.45) is 5.73 Å². The van der Waals surface area contributed by atoms with Gasteiger partial charge in [-0.25, -0.2) is 8.42 Å². The summed E-state index contributed by atoms with van der Waals surface area (Å²) < 4.78 is 32.3. The van der Waals surface area contributed by atoms with Gasteiger partial charge in [-0.3, -0.25) is 0 Å². The average molecular weight is 314 g/mol. The first-order chi connectivity index (χ1) is 9.30. The Balaban J connectivity index is 2.34. The number of benzene rings is 1. The average Bonchev–Trinajstić information content (AvgIpc) is 2.37. The highest BCUT2D eigenvalue weighted by Gasteiger charge is 2.32. The van der Waals surface area contributed by atoms with Crippen LogP contribution in [0.4, 0.5) is 0 Å². The van der Waals surface area contributed by atoms with Crippen molar-refractivity contribution >= 4 is 27.2 Å². The Morgan fingerprint density at radius 3 is 2.50 bits per heavy atom. The first kappa shape index (κ1) is 15.4. The summed E-state index contributed by atoms with van der Waals surface area (Å²) in [5.74, 6) is 0. The molecule has 0 spiro atoms. The molecule has 0 bridgehead atoms. The topological polar surface area (TPSA) is 72.6 Å². The number of hydrogen-bond donors (Lipinski definition) is 1. The summed E-state index contributed by atoms with van der Waals surface area (Å²) in [4.78, 5) is 0.398. The van der Waals surface area contributed by atoms with E-state index in [-0.39, 0.29) is 22.1 Å². The van der Waals surface area contributed by atoms with Crippen LogP contribution >= 0.6 is 12.2 Å². The van der Waals surface area contributed by atoms with Crippen molar-refractivity contribution in [2.45, 2.75) is 31.0 Å². The smallest absolute Gasteiger partial charge is 0.243 e. The van der Waals surface area contributed by atoms with E-state index >= 15 is 0 Å². The van der Waals surface area contributed by atoms with Crippen molar-refractivity contribution in [3.63, 3.8) is 0 Å². The molecular weight excluding hydrogens is 296 g/mol. The molecule has 1 aromatic rings. The van der Waals surface area contributed by atoms with Crippen molar-refractivity contribution < 1.29 is 13.2 Å². The quantitative estimate of drug-likeness (QED) is 0.847. The first-order valence-electron chi connectivity index (χ1n) is 6.36. The number of nitrogens with two attached hydrogens (primary N) is 1. The van der Waals surface area contributed by atoms with Gasteiger partial charge in [-0.1, -0.05) is 24.4 Å². The molecule has 1 aliphatic rings. The minimum Gasteiger partial charge on any atom is -0.389 e. The van der Waals surface area contributed by atoms with Gasteiger partial charge < -0.3 is 10.5 Å². The molecule has 5 nitrogen and oxygen atoms in total. The molecule has 2 rings (SSSR count). The molecule has 0 aromatic heterocycles. The lowest BCUT2D eigenvalue weighted by Crippen LogP contribution is -2.48. The van der Waals surface area contributed by atoms with Gasteiger partial charge in [0.15, 0.2) is 0 Å². The molecule has 1 saturated heterocycles. The zero-order valence-electron chi connectivity index (χ0n) is 11.4. The van der Waals surface area contributed by atoms with Crippen LogP contribution in [0.15, 0.2) is 29.2 Å². The number of ether oxygens (including phenoxy) is 1. The van der Waals surface area contributed by atoms with Crippen molar-refractivity contribution in [3.8, 4) is 0 Å². The summed E-state index contributed by atoms with van der Waals surface area (Å²) in [7, 11) is -3.55. The van der Waals surface area contributed by atoms with Crippen molar-refractivity contribution in [3.05, 3.63) is 29.8 Å². The number of nitrogens with zero attached hydrogens (tertiary/aromatic N) is 1. The normalized spacial score (nSPS) is 24.5. The molecule has 1 aromatic carbocycles. The molecule has 2 atom stereocenters. The van der Waals surface area contributed by atoms with Crippen LogP contribution in [0.1, 0.15) is 19.4 Å². The van der Waals surface area contributed by atoms with E-state index in [1.807, 2.05) is 13.8 Å². The van der Waals surface area contributed by atoms with Crippen LogP contribution in [-0.4, -0.2) is 43.0 Å². The number of sulfonamides is 1.